The van der Waals surface area contributed by atoms with Crippen molar-refractivity contribution in [1.82, 2.24) is 0 Å². The Bertz CT molecular complexity index is 7570. The van der Waals surface area contributed by atoms with Gasteiger partial charge in [-0.05, 0) is 367 Å². The van der Waals surface area contributed by atoms with Crippen LogP contribution >= 0.6 is 35.3 Å². The highest BCUT2D eigenvalue weighted by atomic mass is 32.2. The summed E-state index contributed by atoms with van der Waals surface area (Å²) in [5.74, 6) is 0.695. The van der Waals surface area contributed by atoms with Gasteiger partial charge in [-0.2, -0.15) is 0 Å². The third-order valence-corrected chi connectivity index (χ3v) is 32.4. The lowest BCUT2D eigenvalue weighted by Crippen LogP contribution is -2.15. The average molecular weight is 1750 g/mol. The summed E-state index contributed by atoms with van der Waals surface area (Å²) < 4.78 is 0. The molecule has 3 aliphatic heterocycles. The van der Waals surface area contributed by atoms with Gasteiger partial charge in [0.05, 0.1) is 0 Å². The number of benzene rings is 21. The summed E-state index contributed by atoms with van der Waals surface area (Å²) in [4.78, 5) is 8.17. The zero-order valence-corrected chi connectivity index (χ0v) is 78.3. The van der Waals surface area contributed by atoms with Gasteiger partial charge in [-0.15, -0.1) is 0 Å². The van der Waals surface area contributed by atoms with Crippen LogP contribution in [0.25, 0.3) is 131 Å². The summed E-state index contributed by atoms with van der Waals surface area (Å²) in [6.45, 7) is 23.3. The Morgan fingerprint density at radius 3 is 0.705 bits per heavy atom. The maximum atomic E-state index is 9.62. The summed E-state index contributed by atoms with van der Waals surface area (Å²) in [5.41, 5.74) is 47.8. The van der Waals surface area contributed by atoms with E-state index in [9.17, 15) is 5.11 Å². The predicted octanol–water partition coefficient (Wildman–Crippen LogP) is 35.3. The third-order valence-electron chi connectivity index (χ3n) is 29.0. The van der Waals surface area contributed by atoms with Crippen molar-refractivity contribution in [2.24, 2.45) is 0 Å². The summed E-state index contributed by atoms with van der Waals surface area (Å²) in [5, 5.41) is 25.9. The number of anilines is 1. The van der Waals surface area contributed by atoms with Gasteiger partial charge in [0.15, 0.2) is 0 Å². The van der Waals surface area contributed by atoms with E-state index in [1.165, 1.54) is 255 Å². The number of aryl methyl sites for hydroxylation is 6. The molecule has 2 nitrogen and oxygen atoms in total. The first-order valence-electron chi connectivity index (χ1n) is 45.9. The largest absolute Gasteiger partial charge is 0.508 e. The number of nitrogens with two attached hydrogens (primary N) is 1. The Kier molecular flexibility index (Phi) is 21.7. The highest BCUT2D eigenvalue weighted by Gasteiger charge is 2.37. The monoisotopic (exact) mass is 1750 g/mol. The minimum Gasteiger partial charge on any atom is -0.508 e. The molecule has 3 heterocycles. The molecule has 0 spiro atoms. The van der Waals surface area contributed by atoms with Gasteiger partial charge < -0.3 is 10.8 Å². The molecule has 0 aromatic heterocycles. The highest BCUT2D eigenvalue weighted by molar-refractivity contribution is 8.00. The second-order valence-electron chi connectivity index (χ2n) is 36.2. The molecule has 132 heavy (non-hydrogen) atoms. The second kappa shape index (κ2) is 34.3. The van der Waals surface area contributed by atoms with E-state index in [4.69, 9.17) is 5.73 Å². The van der Waals surface area contributed by atoms with E-state index >= 15 is 0 Å². The number of nitrogen functional groups attached to an aromatic ring is 1. The van der Waals surface area contributed by atoms with Gasteiger partial charge >= 0.3 is 0 Å². The molecule has 5 heteroatoms. The van der Waals surface area contributed by atoms with Crippen LogP contribution in [-0.4, -0.2) is 5.11 Å². The number of phenolic OH excluding ortho intramolecular Hbond substituents is 1. The number of hydrogen-bond acceptors (Lipinski definition) is 5. The van der Waals surface area contributed by atoms with Gasteiger partial charge in [0, 0.05) is 52.8 Å². The molecule has 0 amide bonds. The molecule has 3 aliphatic rings. The molecule has 0 atom stereocenters. The van der Waals surface area contributed by atoms with Crippen LogP contribution in [-0.2, 0) is 0 Å². The molecular formula is C127H99NOS3. The maximum Gasteiger partial charge on any atom is 0.115 e. The molecule has 21 aromatic rings. The summed E-state index contributed by atoms with van der Waals surface area (Å²) in [7, 11) is 0. The minimum atomic E-state index is 0.113. The molecular weight excluding hydrogens is 1650 g/mol. The van der Waals surface area contributed by atoms with Crippen molar-refractivity contribution in [2.45, 2.75) is 116 Å². The Morgan fingerprint density at radius 2 is 0.417 bits per heavy atom. The van der Waals surface area contributed by atoms with Gasteiger partial charge in [-0.25, -0.2) is 0 Å². The van der Waals surface area contributed by atoms with Crippen molar-refractivity contribution in [3.05, 3.63) is 488 Å². The van der Waals surface area contributed by atoms with Crippen molar-refractivity contribution in [2.75, 3.05) is 5.73 Å². The quantitative estimate of drug-likeness (QED) is 0.141. The van der Waals surface area contributed by atoms with Gasteiger partial charge in [0.25, 0.3) is 0 Å². The summed E-state index contributed by atoms with van der Waals surface area (Å²) in [6.07, 6.45) is 0. The number of phenols is 1. The zero-order chi connectivity index (χ0) is 89.8. The van der Waals surface area contributed by atoms with E-state index in [1.54, 1.807) is 12.1 Å². The van der Waals surface area contributed by atoms with Gasteiger partial charge in [0.2, 0.25) is 0 Å². The number of fused-ring (bicyclic) bond motifs is 18. The molecule has 3 N–H and O–H groups in total. The molecule has 21 aromatic carbocycles. The molecule has 0 bridgehead atoms. The Labute approximate surface area is 787 Å². The van der Waals surface area contributed by atoms with Crippen LogP contribution in [0.3, 0.4) is 0 Å². The fraction of sp³-hybridized carbons (Fsp3) is 0.102. The van der Waals surface area contributed by atoms with E-state index in [1.807, 2.05) is 59.6 Å². The second-order valence-corrected chi connectivity index (χ2v) is 39.5. The molecule has 0 saturated heterocycles. The minimum absolute atomic E-state index is 0.113. The average Bonchev–Trinajstić information content (AvgIpc) is 0.699. The van der Waals surface area contributed by atoms with Crippen molar-refractivity contribution < 1.29 is 5.11 Å². The van der Waals surface area contributed by atoms with E-state index in [0.29, 0.717) is 0 Å². The van der Waals surface area contributed by atoms with Crippen LogP contribution in [0.1, 0.15) is 123 Å². The lowest BCUT2D eigenvalue weighted by atomic mass is 9.75. The summed E-state index contributed by atoms with van der Waals surface area (Å²) in [6, 6.07) is 139. The number of rotatable bonds is 9. The summed E-state index contributed by atoms with van der Waals surface area (Å²) >= 11 is 5.79. The van der Waals surface area contributed by atoms with Crippen LogP contribution in [0.5, 0.6) is 5.75 Å². The van der Waals surface area contributed by atoms with Gasteiger partial charge in [-0.1, -0.05) is 357 Å². The normalized spacial score (nSPS) is 12.8. The lowest BCUT2D eigenvalue weighted by molar-refractivity contribution is 0.475. The fourth-order valence-corrected chi connectivity index (χ4v) is 25.3. The van der Waals surface area contributed by atoms with Crippen LogP contribution in [0.15, 0.2) is 412 Å². The first kappa shape index (κ1) is 83.4. The Morgan fingerprint density at radius 1 is 0.197 bits per heavy atom. The van der Waals surface area contributed by atoms with E-state index in [-0.39, 0.29) is 23.5 Å². The van der Waals surface area contributed by atoms with Crippen LogP contribution < -0.4 is 5.73 Å². The number of hydrogen-bond donors (Lipinski definition) is 2. The van der Waals surface area contributed by atoms with Crippen molar-refractivity contribution in [3.8, 4) is 72.5 Å². The molecule has 636 valence electrons. The standard InChI is InChI=1S/C49H46S.C39H27NS.C39H26OS/c1-26-24-41-48(45-34(9)30(5)28(3)32(7)43(26)45)47(49-42(50-41)25-27(2)44-33(8)29(4)31(6)35(10)46(44)49)40-22-20-39(21-23-40)38-18-16-37(17-19-38)36-14-12-11-13-15-36;2*40-32-21-17-28(18-22-32)26-11-9-25(10-12-26)27-13-15-31(16-14-27)37-38-33-7-3-1-5-29(33)19-23-35(38)41-36-24-20-30-6-2-4-8-34(30)39(36)37/h11-25,47H,1-10H3;1-24,37H,40H2;1-24,37,40H. The van der Waals surface area contributed by atoms with Crippen LogP contribution in [0.4, 0.5) is 5.69 Å². The molecule has 0 saturated carbocycles. The zero-order valence-electron chi connectivity index (χ0n) is 75.9. The third kappa shape index (κ3) is 14.7. The maximum absolute atomic E-state index is 9.62. The molecule has 0 unspecified atom stereocenters. The van der Waals surface area contributed by atoms with E-state index in [0.717, 1.165) is 16.8 Å². The van der Waals surface area contributed by atoms with Crippen LogP contribution in [0, 0.1) is 69.2 Å². The van der Waals surface area contributed by atoms with Crippen molar-refractivity contribution in [1.29, 1.82) is 0 Å². The SMILES string of the molecule is Cc1c(C)c(C)c2c3c(cc(C)c2c1C)Sc1cc(C)c2c(C)c(C)c(C)c(C)c2c1C3c1ccc(-c2ccc(-c3ccccc3)cc2)cc1.Nc1ccc(-c2ccc(-c3ccc(C4c5c(ccc6ccccc56)Sc5ccc6ccccc6c54)cc3)cc2)cc1.Oc1ccc(-c2ccc(-c3ccc(C4c5c(ccc6ccccc56)Sc5ccc6ccccc6c54)cc3)cc2)cc1. The number of aromatic hydroxyl groups is 1. The Hall–Kier alpha value is -14.2. The topological polar surface area (TPSA) is 46.2 Å². The van der Waals surface area contributed by atoms with Crippen LogP contribution in [0.2, 0.25) is 0 Å². The predicted molar refractivity (Wildman–Crippen MR) is 564 cm³/mol. The van der Waals surface area contributed by atoms with Gasteiger partial charge in [-0.3, -0.25) is 0 Å². The smallest absolute Gasteiger partial charge is 0.115 e. The lowest BCUT2D eigenvalue weighted by Gasteiger charge is -2.34. The van der Waals surface area contributed by atoms with Crippen molar-refractivity contribution in [3.63, 3.8) is 0 Å². The van der Waals surface area contributed by atoms with E-state index < -0.39 is 0 Å². The first-order chi connectivity index (χ1) is 64.4. The van der Waals surface area contributed by atoms with Gasteiger partial charge in [0.1, 0.15) is 5.75 Å². The molecule has 0 radical (unpaired) electrons. The first-order valence-corrected chi connectivity index (χ1v) is 48.4. The van der Waals surface area contributed by atoms with E-state index in [2.05, 4.69) is 415 Å². The molecule has 0 aliphatic carbocycles. The molecule has 0 fully saturated rings. The fourth-order valence-electron chi connectivity index (χ4n) is 21.5. The Balaban J connectivity index is 0.000000116. The highest BCUT2D eigenvalue weighted by Crippen LogP contribution is 2.59. The van der Waals surface area contributed by atoms with Crippen molar-refractivity contribution >= 4 is 106 Å². The molecule has 24 rings (SSSR count).